The smallest absolute Gasteiger partial charge is 0.310 e. The summed E-state index contributed by atoms with van der Waals surface area (Å²) >= 11 is 0. The van der Waals surface area contributed by atoms with Crippen molar-refractivity contribution in [3.8, 4) is 0 Å². The summed E-state index contributed by atoms with van der Waals surface area (Å²) in [6.45, 7) is 0. The zero-order valence-electron chi connectivity index (χ0n) is 6.61. The monoisotopic (exact) mass is 187 g/mol. The highest BCUT2D eigenvalue weighted by atomic mass is 16.4. The molecule has 0 aromatic carbocycles. The van der Waals surface area contributed by atoms with Crippen molar-refractivity contribution in [2.24, 2.45) is 17.4 Å². The molecule has 6 N–H and O–H groups in total. The van der Waals surface area contributed by atoms with Crippen LogP contribution in [-0.4, -0.2) is 28.6 Å². The van der Waals surface area contributed by atoms with Crippen LogP contribution in [0.2, 0.25) is 0 Å². The lowest BCUT2D eigenvalue weighted by atomic mass is 10.00. The van der Waals surface area contributed by atoms with Gasteiger partial charge in [-0.15, -0.1) is 0 Å². The molecule has 1 atom stereocenters. The van der Waals surface area contributed by atoms with Crippen molar-refractivity contribution in [3.63, 3.8) is 0 Å². The predicted molar refractivity (Wildman–Crippen MR) is 41.9 cm³/mol. The van der Waals surface area contributed by atoms with Gasteiger partial charge in [0.2, 0.25) is 5.91 Å². The van der Waals surface area contributed by atoms with Crippen LogP contribution in [0.3, 0.4) is 0 Å². The molecule has 7 heteroatoms. The molecular formula is C6H9N3O4. The molecule has 0 aliphatic carbocycles. The van der Waals surface area contributed by atoms with Gasteiger partial charge in [-0.2, -0.15) is 0 Å². The topological polar surface area (TPSA) is 147 Å². The maximum atomic E-state index is 10.9. The summed E-state index contributed by atoms with van der Waals surface area (Å²) in [5, 5.41) is 15.0. The summed E-state index contributed by atoms with van der Waals surface area (Å²) in [6, 6.07) is 0. The largest absolute Gasteiger partial charge is 0.481 e. The van der Waals surface area contributed by atoms with Crippen molar-refractivity contribution in [1.82, 2.24) is 0 Å². The predicted octanol–water partition coefficient (Wildman–Crippen LogP) is -1.93. The average molecular weight is 187 g/mol. The van der Waals surface area contributed by atoms with Gasteiger partial charge in [-0.25, -0.2) is 0 Å². The van der Waals surface area contributed by atoms with E-state index in [0.29, 0.717) is 0 Å². The SMILES string of the molecule is N=C(N)C(C(N)=O)C(=O)CC(=O)O. The van der Waals surface area contributed by atoms with Crippen LogP contribution in [0.5, 0.6) is 0 Å². The zero-order valence-corrected chi connectivity index (χ0v) is 6.61. The number of nitrogens with two attached hydrogens (primary N) is 2. The van der Waals surface area contributed by atoms with E-state index in [-0.39, 0.29) is 0 Å². The molecule has 0 heterocycles. The molecule has 0 spiro atoms. The van der Waals surface area contributed by atoms with Gasteiger partial charge in [0.25, 0.3) is 0 Å². The number of aliphatic carboxylic acids is 1. The van der Waals surface area contributed by atoms with E-state index in [1.807, 2.05) is 0 Å². The third kappa shape index (κ3) is 3.32. The Balaban J connectivity index is 4.57. The number of primary amides is 1. The van der Waals surface area contributed by atoms with Gasteiger partial charge in [-0.3, -0.25) is 19.8 Å². The molecule has 0 aromatic heterocycles. The number of hydrogen-bond acceptors (Lipinski definition) is 4. The van der Waals surface area contributed by atoms with E-state index in [1.165, 1.54) is 0 Å². The minimum atomic E-state index is -1.63. The molecule has 0 saturated heterocycles. The molecule has 0 aromatic rings. The lowest BCUT2D eigenvalue weighted by molar-refractivity contribution is -0.141. The number of rotatable bonds is 5. The minimum Gasteiger partial charge on any atom is -0.481 e. The Labute approximate surface area is 73.2 Å². The van der Waals surface area contributed by atoms with Crippen molar-refractivity contribution in [1.29, 1.82) is 5.41 Å². The van der Waals surface area contributed by atoms with Gasteiger partial charge in [-0.1, -0.05) is 0 Å². The number of carboxylic acid groups (broad SMARTS) is 1. The van der Waals surface area contributed by atoms with Crippen LogP contribution in [0.1, 0.15) is 6.42 Å². The van der Waals surface area contributed by atoms with Gasteiger partial charge < -0.3 is 16.6 Å². The molecule has 0 saturated carbocycles. The Kier molecular flexibility index (Phi) is 3.57. The number of nitrogens with one attached hydrogen (secondary N) is 1. The van der Waals surface area contributed by atoms with Gasteiger partial charge >= 0.3 is 5.97 Å². The molecule has 7 nitrogen and oxygen atoms in total. The summed E-state index contributed by atoms with van der Waals surface area (Å²) in [7, 11) is 0. The summed E-state index contributed by atoms with van der Waals surface area (Å²) in [5.74, 6) is -5.85. The Bertz CT molecular complexity index is 259. The first-order valence-corrected chi connectivity index (χ1v) is 3.24. The number of amidine groups is 1. The van der Waals surface area contributed by atoms with E-state index in [9.17, 15) is 14.4 Å². The van der Waals surface area contributed by atoms with Crippen molar-refractivity contribution >= 4 is 23.5 Å². The molecule has 72 valence electrons. The van der Waals surface area contributed by atoms with E-state index < -0.39 is 35.8 Å². The fourth-order valence-electron chi connectivity index (χ4n) is 0.736. The molecule has 0 radical (unpaired) electrons. The fraction of sp³-hybridized carbons (Fsp3) is 0.333. The van der Waals surface area contributed by atoms with Gasteiger partial charge in [0, 0.05) is 0 Å². The fourth-order valence-corrected chi connectivity index (χ4v) is 0.736. The zero-order chi connectivity index (χ0) is 10.6. The first-order chi connectivity index (χ1) is 5.86. The van der Waals surface area contributed by atoms with Crippen molar-refractivity contribution in [2.75, 3.05) is 0 Å². The first kappa shape index (κ1) is 11.1. The second kappa shape index (κ2) is 4.19. The molecule has 13 heavy (non-hydrogen) atoms. The highest BCUT2D eigenvalue weighted by Crippen LogP contribution is 2.00. The van der Waals surface area contributed by atoms with Crippen LogP contribution in [-0.2, 0) is 14.4 Å². The molecule has 0 rings (SSSR count). The lowest BCUT2D eigenvalue weighted by Crippen LogP contribution is -2.40. The molecule has 1 unspecified atom stereocenters. The quantitative estimate of drug-likeness (QED) is 0.224. The highest BCUT2D eigenvalue weighted by molar-refractivity contribution is 6.20. The van der Waals surface area contributed by atoms with Crippen LogP contribution >= 0.6 is 0 Å². The number of carbonyl (C=O) groups excluding carboxylic acids is 2. The standard InChI is InChI=1S/C6H9N3O4/c7-5(8)4(6(9)13)2(10)1-3(11)12/h4H,1H2,(H3,7,8)(H2,9,13)(H,11,12). The number of Topliss-reactive ketones (excluding diaryl/α,β-unsaturated/α-hetero) is 1. The molecule has 0 aliphatic rings. The highest BCUT2D eigenvalue weighted by Gasteiger charge is 2.28. The first-order valence-electron chi connectivity index (χ1n) is 3.24. The second-order valence-electron chi connectivity index (χ2n) is 2.33. The van der Waals surface area contributed by atoms with E-state index >= 15 is 0 Å². The Morgan fingerprint density at radius 3 is 2.00 bits per heavy atom. The minimum absolute atomic E-state index is 0.737. The van der Waals surface area contributed by atoms with Gasteiger partial charge in [0.05, 0.1) is 0 Å². The van der Waals surface area contributed by atoms with E-state index in [2.05, 4.69) is 0 Å². The normalized spacial score (nSPS) is 11.7. The summed E-state index contributed by atoms with van der Waals surface area (Å²) < 4.78 is 0. The number of carboxylic acids is 1. The van der Waals surface area contributed by atoms with Crippen molar-refractivity contribution in [2.45, 2.75) is 6.42 Å². The summed E-state index contributed by atoms with van der Waals surface area (Å²) in [6.07, 6.45) is -0.868. The number of carbonyl (C=O) groups is 3. The molecular weight excluding hydrogens is 178 g/mol. The number of amides is 1. The lowest BCUT2D eigenvalue weighted by Gasteiger charge is -2.07. The van der Waals surface area contributed by atoms with E-state index in [0.717, 1.165) is 0 Å². The van der Waals surface area contributed by atoms with Gasteiger partial charge in [0.1, 0.15) is 12.3 Å². The average Bonchev–Trinajstić information content (AvgIpc) is 1.81. The van der Waals surface area contributed by atoms with Gasteiger partial charge in [-0.05, 0) is 0 Å². The Morgan fingerprint density at radius 2 is 1.77 bits per heavy atom. The van der Waals surface area contributed by atoms with E-state index in [4.69, 9.17) is 22.0 Å². The summed E-state index contributed by atoms with van der Waals surface area (Å²) in [5.41, 5.74) is 9.62. The van der Waals surface area contributed by atoms with Crippen LogP contribution in [0.25, 0.3) is 0 Å². The van der Waals surface area contributed by atoms with Crippen LogP contribution < -0.4 is 11.5 Å². The molecule has 0 fully saturated rings. The van der Waals surface area contributed by atoms with Crippen molar-refractivity contribution < 1.29 is 19.5 Å². The number of ketones is 1. The maximum Gasteiger partial charge on any atom is 0.310 e. The second-order valence-corrected chi connectivity index (χ2v) is 2.33. The molecule has 0 bridgehead atoms. The third-order valence-corrected chi connectivity index (χ3v) is 1.24. The van der Waals surface area contributed by atoms with Crippen LogP contribution in [0.15, 0.2) is 0 Å². The van der Waals surface area contributed by atoms with Crippen LogP contribution in [0.4, 0.5) is 0 Å². The molecule has 0 aliphatic heterocycles. The Morgan fingerprint density at radius 1 is 1.31 bits per heavy atom. The van der Waals surface area contributed by atoms with Crippen LogP contribution in [0, 0.1) is 11.3 Å². The summed E-state index contributed by atoms with van der Waals surface area (Å²) in [4.78, 5) is 31.6. The van der Waals surface area contributed by atoms with Crippen molar-refractivity contribution in [3.05, 3.63) is 0 Å². The van der Waals surface area contributed by atoms with E-state index in [1.54, 1.807) is 0 Å². The number of hydrogen-bond donors (Lipinski definition) is 4. The Hall–Kier alpha value is -1.92. The maximum absolute atomic E-state index is 10.9. The molecule has 1 amide bonds. The van der Waals surface area contributed by atoms with Gasteiger partial charge in [0.15, 0.2) is 11.7 Å². The third-order valence-electron chi connectivity index (χ3n) is 1.24.